The molecule has 0 aliphatic carbocycles. The van der Waals surface area contributed by atoms with Crippen molar-refractivity contribution < 1.29 is 9.59 Å². The lowest BCUT2D eigenvalue weighted by atomic mass is 10.0. The largest absolute Gasteiger partial charge is 0.344 e. The number of carbonyl (C=O) groups excluding carboxylic acids is 2. The molecule has 2 amide bonds. The highest BCUT2D eigenvalue weighted by Gasteiger charge is 2.30. The second-order valence-corrected chi connectivity index (χ2v) is 8.03. The van der Waals surface area contributed by atoms with Crippen LogP contribution in [0, 0.1) is 5.92 Å². The summed E-state index contributed by atoms with van der Waals surface area (Å²) in [6, 6.07) is 3.54. The average molecular weight is 358 g/mol. The van der Waals surface area contributed by atoms with Gasteiger partial charge in [0.05, 0.1) is 4.34 Å². The van der Waals surface area contributed by atoms with E-state index in [1.807, 2.05) is 24.8 Å². The Labute approximate surface area is 146 Å². The monoisotopic (exact) mass is 357 g/mol. The molecule has 0 saturated carbocycles. The van der Waals surface area contributed by atoms with Crippen LogP contribution in [-0.2, 0) is 16.1 Å². The van der Waals surface area contributed by atoms with Crippen LogP contribution in [0.5, 0.6) is 0 Å². The summed E-state index contributed by atoms with van der Waals surface area (Å²) >= 11 is 7.56. The van der Waals surface area contributed by atoms with E-state index >= 15 is 0 Å². The Balaban J connectivity index is 1.87. The predicted octanol–water partition coefficient (Wildman–Crippen LogP) is 2.21. The van der Waals surface area contributed by atoms with Gasteiger partial charge in [0.15, 0.2) is 0 Å². The van der Waals surface area contributed by atoms with Crippen molar-refractivity contribution in [3.63, 3.8) is 0 Å². The number of thiophene rings is 1. The molecule has 0 radical (unpaired) electrons. The summed E-state index contributed by atoms with van der Waals surface area (Å²) in [6.45, 7) is 9.30. The molecule has 1 saturated heterocycles. The van der Waals surface area contributed by atoms with E-state index in [9.17, 15) is 9.59 Å². The van der Waals surface area contributed by atoms with Gasteiger partial charge in [0, 0.05) is 44.5 Å². The van der Waals surface area contributed by atoms with E-state index in [0.29, 0.717) is 13.1 Å². The molecule has 1 unspecified atom stereocenters. The van der Waals surface area contributed by atoms with Gasteiger partial charge in [-0.1, -0.05) is 25.4 Å². The molecule has 1 atom stereocenters. The molecule has 23 heavy (non-hydrogen) atoms. The number of nitrogens with zero attached hydrogens (tertiary/aromatic N) is 2. The highest BCUT2D eigenvalue weighted by Crippen LogP contribution is 2.23. The lowest BCUT2D eigenvalue weighted by molar-refractivity contribution is -0.138. The van der Waals surface area contributed by atoms with Gasteiger partial charge in [-0.25, -0.2) is 0 Å². The van der Waals surface area contributed by atoms with Crippen molar-refractivity contribution >= 4 is 34.8 Å². The van der Waals surface area contributed by atoms with E-state index < -0.39 is 6.04 Å². The van der Waals surface area contributed by atoms with Crippen LogP contribution < -0.4 is 5.32 Å². The maximum absolute atomic E-state index is 12.6. The average Bonchev–Trinajstić information content (AvgIpc) is 2.89. The van der Waals surface area contributed by atoms with Crippen molar-refractivity contribution in [3.8, 4) is 0 Å². The Morgan fingerprint density at radius 2 is 1.91 bits per heavy atom. The van der Waals surface area contributed by atoms with Crippen LogP contribution in [0.4, 0.5) is 0 Å². The highest BCUT2D eigenvalue weighted by atomic mass is 35.5. The molecule has 1 aromatic rings. The molecule has 0 bridgehead atoms. The van der Waals surface area contributed by atoms with E-state index in [4.69, 9.17) is 11.6 Å². The molecule has 1 aliphatic rings. The third-order valence-corrected chi connectivity index (χ3v) is 5.20. The van der Waals surface area contributed by atoms with Crippen molar-refractivity contribution in [2.24, 2.45) is 5.92 Å². The summed E-state index contributed by atoms with van der Waals surface area (Å²) in [6.07, 6.45) is 0. The van der Waals surface area contributed by atoms with Gasteiger partial charge in [-0.3, -0.25) is 14.5 Å². The minimum absolute atomic E-state index is 0.0222. The first-order chi connectivity index (χ1) is 10.9. The summed E-state index contributed by atoms with van der Waals surface area (Å²) < 4.78 is 0.809. The zero-order valence-corrected chi connectivity index (χ0v) is 15.4. The molecule has 5 nitrogen and oxygen atoms in total. The lowest BCUT2D eigenvalue weighted by Gasteiger charge is -2.37. The quantitative estimate of drug-likeness (QED) is 0.879. The molecule has 7 heteroatoms. The number of nitrogens with one attached hydrogen (secondary N) is 1. The topological polar surface area (TPSA) is 52.7 Å². The van der Waals surface area contributed by atoms with Crippen LogP contribution in [0.1, 0.15) is 25.6 Å². The molecule has 0 spiro atoms. The van der Waals surface area contributed by atoms with Gasteiger partial charge in [0.2, 0.25) is 11.8 Å². The third-order valence-electron chi connectivity index (χ3n) is 3.98. The van der Waals surface area contributed by atoms with Crippen LogP contribution in [0.25, 0.3) is 0 Å². The zero-order chi connectivity index (χ0) is 17.0. The first-order valence-electron chi connectivity index (χ1n) is 7.89. The van der Waals surface area contributed by atoms with Gasteiger partial charge in [-0.2, -0.15) is 0 Å². The van der Waals surface area contributed by atoms with Crippen LogP contribution in [-0.4, -0.2) is 53.8 Å². The molecule has 0 aromatic carbocycles. The minimum Gasteiger partial charge on any atom is -0.344 e. The van der Waals surface area contributed by atoms with E-state index in [2.05, 4.69) is 16.3 Å². The number of piperazine rings is 1. The summed E-state index contributed by atoms with van der Waals surface area (Å²) in [7, 11) is 0. The van der Waals surface area contributed by atoms with Crippen molar-refractivity contribution in [3.05, 3.63) is 21.3 Å². The molecule has 2 heterocycles. The minimum atomic E-state index is -0.435. The van der Waals surface area contributed by atoms with Gasteiger partial charge < -0.3 is 10.2 Å². The molecule has 1 fully saturated rings. The van der Waals surface area contributed by atoms with Crippen molar-refractivity contribution in [1.82, 2.24) is 15.1 Å². The number of hydrogen-bond acceptors (Lipinski definition) is 4. The molecule has 128 valence electrons. The Morgan fingerprint density at radius 3 is 2.39 bits per heavy atom. The van der Waals surface area contributed by atoms with Gasteiger partial charge in [0.1, 0.15) is 6.04 Å². The third kappa shape index (κ3) is 5.19. The van der Waals surface area contributed by atoms with Gasteiger partial charge in [-0.15, -0.1) is 11.3 Å². The predicted molar refractivity (Wildman–Crippen MR) is 93.6 cm³/mol. The van der Waals surface area contributed by atoms with Crippen LogP contribution in [0.15, 0.2) is 12.1 Å². The normalized spacial score (nSPS) is 17.3. The SMILES string of the molecule is CC(=O)NC(C(=O)N1CCN(Cc2ccc(Cl)s2)CC1)C(C)C. The van der Waals surface area contributed by atoms with Crippen molar-refractivity contribution in [2.75, 3.05) is 26.2 Å². The molecular weight excluding hydrogens is 334 g/mol. The molecule has 1 N–H and O–H groups in total. The number of carbonyl (C=O) groups is 2. The first kappa shape index (κ1) is 18.2. The Morgan fingerprint density at radius 1 is 1.26 bits per heavy atom. The first-order valence-corrected chi connectivity index (χ1v) is 9.08. The highest BCUT2D eigenvalue weighted by molar-refractivity contribution is 7.16. The second-order valence-electron chi connectivity index (χ2n) is 6.23. The fourth-order valence-corrected chi connectivity index (χ4v) is 3.84. The summed E-state index contributed by atoms with van der Waals surface area (Å²) in [4.78, 5) is 29.4. The number of halogens is 1. The fourth-order valence-electron chi connectivity index (χ4n) is 2.71. The Hall–Kier alpha value is -1.11. The van der Waals surface area contributed by atoms with E-state index in [-0.39, 0.29) is 17.7 Å². The standard InChI is InChI=1S/C16H24ClN3O2S/c1-11(2)15(18-12(3)21)16(22)20-8-6-19(7-9-20)10-13-4-5-14(17)23-13/h4-5,11,15H,6-10H2,1-3H3,(H,18,21). The Bertz CT molecular complexity index is 553. The van der Waals surface area contributed by atoms with Gasteiger partial charge in [-0.05, 0) is 18.1 Å². The van der Waals surface area contributed by atoms with Crippen LogP contribution in [0.3, 0.4) is 0 Å². The number of rotatable bonds is 5. The zero-order valence-electron chi connectivity index (χ0n) is 13.8. The summed E-state index contributed by atoms with van der Waals surface area (Å²) in [5.74, 6) is -0.0584. The summed E-state index contributed by atoms with van der Waals surface area (Å²) in [5.41, 5.74) is 0. The van der Waals surface area contributed by atoms with Crippen molar-refractivity contribution in [2.45, 2.75) is 33.4 Å². The van der Waals surface area contributed by atoms with Gasteiger partial charge in [0.25, 0.3) is 0 Å². The van der Waals surface area contributed by atoms with Crippen LogP contribution in [0.2, 0.25) is 4.34 Å². The molecule has 1 aliphatic heterocycles. The maximum atomic E-state index is 12.6. The second kappa shape index (κ2) is 8.13. The fraction of sp³-hybridized carbons (Fsp3) is 0.625. The van der Waals surface area contributed by atoms with E-state index in [1.54, 1.807) is 11.3 Å². The number of amides is 2. The maximum Gasteiger partial charge on any atom is 0.245 e. The number of hydrogen-bond donors (Lipinski definition) is 1. The molecule has 1 aromatic heterocycles. The van der Waals surface area contributed by atoms with E-state index in [1.165, 1.54) is 11.8 Å². The van der Waals surface area contributed by atoms with Gasteiger partial charge >= 0.3 is 0 Å². The molecular formula is C16H24ClN3O2S. The van der Waals surface area contributed by atoms with Crippen molar-refractivity contribution in [1.29, 1.82) is 0 Å². The van der Waals surface area contributed by atoms with E-state index in [0.717, 1.165) is 24.0 Å². The smallest absolute Gasteiger partial charge is 0.245 e. The lowest BCUT2D eigenvalue weighted by Crippen LogP contribution is -2.56. The summed E-state index contributed by atoms with van der Waals surface area (Å²) in [5, 5.41) is 2.77. The molecule has 2 rings (SSSR count). The van der Waals surface area contributed by atoms with Crippen LogP contribution >= 0.6 is 22.9 Å². The Kier molecular flexibility index (Phi) is 6.44.